The van der Waals surface area contributed by atoms with Crippen LogP contribution in [-0.2, 0) is 6.42 Å². The standard InChI is InChI=1S/C27H32N6O/c1-3-20-16-28-27(29-17-20)30-18-23-19(2)10-9-14-32(23)26(34)24-22-13-7-8-15-33(22)31-25(24)21-11-5-4-6-12-21/h4-5,7-8,11,13,15-17,19,23H,3,6,9-10,12,14,18H2,1-2H3,(H,28,29,30)/t19-,23-/m1/s1. The summed E-state index contributed by atoms with van der Waals surface area (Å²) in [7, 11) is 0. The summed E-state index contributed by atoms with van der Waals surface area (Å²) in [5.74, 6) is 1.05. The van der Waals surface area contributed by atoms with Crippen molar-refractivity contribution in [2.24, 2.45) is 5.92 Å². The molecule has 3 aromatic rings. The lowest BCUT2D eigenvalue weighted by Gasteiger charge is -2.40. The van der Waals surface area contributed by atoms with E-state index in [1.54, 1.807) is 0 Å². The first-order valence-corrected chi connectivity index (χ1v) is 12.3. The Kier molecular flexibility index (Phi) is 6.43. The van der Waals surface area contributed by atoms with Crippen LogP contribution in [0.4, 0.5) is 5.95 Å². The van der Waals surface area contributed by atoms with E-state index in [2.05, 4.69) is 47.4 Å². The predicted molar refractivity (Wildman–Crippen MR) is 135 cm³/mol. The normalized spacial score (nSPS) is 20.4. The summed E-state index contributed by atoms with van der Waals surface area (Å²) in [6, 6.07) is 5.98. The van der Waals surface area contributed by atoms with E-state index < -0.39 is 0 Å². The molecule has 3 aromatic heterocycles. The van der Waals surface area contributed by atoms with Gasteiger partial charge in [0.05, 0.1) is 17.1 Å². The molecule has 0 aromatic carbocycles. The molecule has 2 aliphatic rings. The number of aromatic nitrogens is 4. The second kappa shape index (κ2) is 9.79. The van der Waals surface area contributed by atoms with E-state index in [0.717, 1.165) is 61.0 Å². The van der Waals surface area contributed by atoms with Gasteiger partial charge in [0, 0.05) is 31.7 Å². The number of rotatable bonds is 6. The second-order valence-electron chi connectivity index (χ2n) is 9.25. The van der Waals surface area contributed by atoms with E-state index in [9.17, 15) is 4.79 Å². The number of hydrogen-bond donors (Lipinski definition) is 1. The van der Waals surface area contributed by atoms with Crippen molar-refractivity contribution in [3.8, 4) is 0 Å². The number of carbonyl (C=O) groups excluding carboxylic acids is 1. The van der Waals surface area contributed by atoms with Gasteiger partial charge in [-0.2, -0.15) is 5.10 Å². The molecule has 1 aliphatic carbocycles. The van der Waals surface area contributed by atoms with Gasteiger partial charge in [-0.15, -0.1) is 0 Å². The summed E-state index contributed by atoms with van der Waals surface area (Å²) >= 11 is 0. The molecule has 7 nitrogen and oxygen atoms in total. The van der Waals surface area contributed by atoms with Gasteiger partial charge in [0.1, 0.15) is 5.69 Å². The molecule has 176 valence electrons. The molecule has 2 atom stereocenters. The van der Waals surface area contributed by atoms with E-state index in [-0.39, 0.29) is 11.9 Å². The number of pyridine rings is 1. The first-order chi connectivity index (χ1) is 16.7. The number of amides is 1. The SMILES string of the molecule is CCc1cnc(NC[C@@H]2[C@H](C)CCCN2C(=O)c2c(C3=CC=CCC3)nn3ccccc23)nc1. The Morgan fingerprint density at radius 2 is 2.09 bits per heavy atom. The van der Waals surface area contributed by atoms with Crippen LogP contribution in [0.2, 0.25) is 0 Å². The number of hydrogen-bond acceptors (Lipinski definition) is 5. The second-order valence-corrected chi connectivity index (χ2v) is 9.25. The molecule has 0 radical (unpaired) electrons. The lowest BCUT2D eigenvalue weighted by molar-refractivity contribution is 0.0541. The molecule has 0 spiro atoms. The fourth-order valence-corrected chi connectivity index (χ4v) is 5.01. The third-order valence-corrected chi connectivity index (χ3v) is 7.03. The zero-order valence-corrected chi connectivity index (χ0v) is 19.9. The van der Waals surface area contributed by atoms with Crippen LogP contribution < -0.4 is 5.32 Å². The van der Waals surface area contributed by atoms with Crippen molar-refractivity contribution in [1.29, 1.82) is 0 Å². The molecule has 0 saturated carbocycles. The summed E-state index contributed by atoms with van der Waals surface area (Å²) in [6.45, 7) is 5.69. The Labute approximate surface area is 200 Å². The molecule has 0 unspecified atom stereocenters. The van der Waals surface area contributed by atoms with Crippen molar-refractivity contribution in [2.45, 2.75) is 52.0 Å². The van der Waals surface area contributed by atoms with Crippen LogP contribution in [0.3, 0.4) is 0 Å². The Balaban J connectivity index is 1.46. The number of likely N-dealkylation sites (tertiary alicyclic amines) is 1. The first-order valence-electron chi connectivity index (χ1n) is 12.3. The minimum atomic E-state index is 0.0578. The highest BCUT2D eigenvalue weighted by atomic mass is 16.2. The van der Waals surface area contributed by atoms with Gasteiger partial charge in [0.25, 0.3) is 5.91 Å². The highest BCUT2D eigenvalue weighted by molar-refractivity contribution is 6.05. The monoisotopic (exact) mass is 456 g/mol. The molecule has 1 fully saturated rings. The van der Waals surface area contributed by atoms with E-state index in [4.69, 9.17) is 5.10 Å². The molecule has 34 heavy (non-hydrogen) atoms. The van der Waals surface area contributed by atoms with Gasteiger partial charge in [-0.3, -0.25) is 4.79 Å². The smallest absolute Gasteiger partial charge is 0.258 e. The maximum atomic E-state index is 14.2. The van der Waals surface area contributed by atoms with Gasteiger partial charge >= 0.3 is 0 Å². The third kappa shape index (κ3) is 4.34. The quantitative estimate of drug-likeness (QED) is 0.578. The van der Waals surface area contributed by atoms with Crippen molar-refractivity contribution in [3.05, 3.63) is 71.8 Å². The average Bonchev–Trinajstić information content (AvgIpc) is 3.28. The first kappa shape index (κ1) is 22.3. The topological polar surface area (TPSA) is 75.4 Å². The molecule has 0 bridgehead atoms. The van der Waals surface area contributed by atoms with Crippen LogP contribution in [0.1, 0.15) is 61.1 Å². The maximum Gasteiger partial charge on any atom is 0.258 e. The summed E-state index contributed by atoms with van der Waals surface area (Å²) in [4.78, 5) is 25.1. The van der Waals surface area contributed by atoms with Crippen LogP contribution in [0.5, 0.6) is 0 Å². The fourth-order valence-electron chi connectivity index (χ4n) is 5.01. The lowest BCUT2D eigenvalue weighted by Crippen LogP contribution is -2.51. The molecular formula is C27H32N6O. The Bertz CT molecular complexity index is 1230. The molecule has 1 aliphatic heterocycles. The van der Waals surface area contributed by atoms with E-state index in [1.165, 1.54) is 0 Å². The number of anilines is 1. The van der Waals surface area contributed by atoms with Crippen LogP contribution in [0.15, 0.2) is 55.0 Å². The van der Waals surface area contributed by atoms with Gasteiger partial charge in [0.2, 0.25) is 5.95 Å². The maximum absolute atomic E-state index is 14.2. The number of fused-ring (bicyclic) bond motifs is 1. The van der Waals surface area contributed by atoms with Crippen LogP contribution >= 0.6 is 0 Å². The minimum Gasteiger partial charge on any atom is -0.352 e. The summed E-state index contributed by atoms with van der Waals surface area (Å²) in [6.07, 6.45) is 16.8. The van der Waals surface area contributed by atoms with Crippen LogP contribution in [-0.4, -0.2) is 49.5 Å². The number of carbonyl (C=O) groups is 1. The van der Waals surface area contributed by atoms with E-state index >= 15 is 0 Å². The lowest BCUT2D eigenvalue weighted by atomic mass is 9.89. The number of aryl methyl sites for hydroxylation is 1. The van der Waals surface area contributed by atoms with Crippen LogP contribution in [0.25, 0.3) is 11.1 Å². The van der Waals surface area contributed by atoms with Crippen molar-refractivity contribution in [3.63, 3.8) is 0 Å². The molecule has 1 saturated heterocycles. The number of nitrogens with zero attached hydrogens (tertiary/aromatic N) is 5. The average molecular weight is 457 g/mol. The van der Waals surface area contributed by atoms with E-state index in [1.807, 2.05) is 46.2 Å². The summed E-state index contributed by atoms with van der Waals surface area (Å²) in [5.41, 5.74) is 4.62. The summed E-state index contributed by atoms with van der Waals surface area (Å²) < 4.78 is 1.84. The van der Waals surface area contributed by atoms with Crippen molar-refractivity contribution < 1.29 is 4.79 Å². The van der Waals surface area contributed by atoms with Gasteiger partial charge in [-0.1, -0.05) is 38.1 Å². The molecule has 1 N–H and O–H groups in total. The largest absolute Gasteiger partial charge is 0.352 e. The number of allylic oxidation sites excluding steroid dienone is 4. The molecule has 4 heterocycles. The van der Waals surface area contributed by atoms with Gasteiger partial charge < -0.3 is 10.2 Å². The zero-order valence-electron chi connectivity index (χ0n) is 19.9. The molecule has 1 amide bonds. The Hall–Kier alpha value is -3.48. The Morgan fingerprint density at radius 1 is 1.24 bits per heavy atom. The fraction of sp³-hybridized carbons (Fsp3) is 0.407. The number of piperidine rings is 1. The molecule has 7 heteroatoms. The van der Waals surface area contributed by atoms with Crippen LogP contribution in [0, 0.1) is 5.92 Å². The predicted octanol–water partition coefficient (Wildman–Crippen LogP) is 4.77. The van der Waals surface area contributed by atoms with Crippen molar-refractivity contribution in [1.82, 2.24) is 24.5 Å². The van der Waals surface area contributed by atoms with E-state index in [0.29, 0.717) is 24.0 Å². The van der Waals surface area contributed by atoms with Gasteiger partial charge in [-0.05, 0) is 61.3 Å². The highest BCUT2D eigenvalue weighted by Gasteiger charge is 2.35. The molecule has 5 rings (SSSR count). The zero-order chi connectivity index (χ0) is 23.5. The summed E-state index contributed by atoms with van der Waals surface area (Å²) in [5, 5.41) is 8.22. The molecular weight excluding hydrogens is 424 g/mol. The highest BCUT2D eigenvalue weighted by Crippen LogP contribution is 2.32. The third-order valence-electron chi connectivity index (χ3n) is 7.03. The van der Waals surface area contributed by atoms with Crippen molar-refractivity contribution in [2.75, 3.05) is 18.4 Å². The van der Waals surface area contributed by atoms with Gasteiger partial charge in [0.15, 0.2) is 0 Å². The minimum absolute atomic E-state index is 0.0578. The number of nitrogens with one attached hydrogen (secondary N) is 1. The van der Waals surface area contributed by atoms with Crippen molar-refractivity contribution >= 4 is 22.9 Å². The van der Waals surface area contributed by atoms with Gasteiger partial charge in [-0.25, -0.2) is 14.5 Å². The Morgan fingerprint density at radius 3 is 2.85 bits per heavy atom.